The topological polar surface area (TPSA) is 67.3 Å². The van der Waals surface area contributed by atoms with Crippen LogP contribution in [0.5, 0.6) is 5.88 Å². The van der Waals surface area contributed by atoms with Crippen molar-refractivity contribution in [3.63, 3.8) is 0 Å². The Labute approximate surface area is 145 Å². The number of rotatable bonds is 4. The third kappa shape index (κ3) is 3.91. The number of methoxy groups -OCH3 is 1. The number of pyridine rings is 1. The van der Waals surface area contributed by atoms with Gasteiger partial charge in [-0.25, -0.2) is 9.97 Å². The molecule has 0 fully saturated rings. The maximum atomic E-state index is 11.1. The summed E-state index contributed by atoms with van der Waals surface area (Å²) < 4.78 is 5.24. The normalized spacial score (nSPS) is 17.9. The van der Waals surface area contributed by atoms with Crippen LogP contribution in [0.1, 0.15) is 30.0 Å². The first kappa shape index (κ1) is 16.9. The Balaban J connectivity index is 1.69. The van der Waals surface area contributed by atoms with E-state index in [4.69, 9.17) is 4.74 Å². The van der Waals surface area contributed by atoms with Crippen molar-refractivity contribution in [2.75, 3.05) is 19.0 Å². The van der Waals surface area contributed by atoms with Crippen molar-refractivity contribution in [3.8, 4) is 5.88 Å². The molecule has 0 saturated heterocycles. The minimum atomic E-state index is -0.0884. The van der Waals surface area contributed by atoms with Crippen LogP contribution < -0.4 is 10.1 Å². The van der Waals surface area contributed by atoms with Gasteiger partial charge in [-0.3, -0.25) is 9.69 Å². The van der Waals surface area contributed by atoms with Gasteiger partial charge in [0.1, 0.15) is 0 Å². The highest BCUT2D eigenvalue weighted by atomic mass is 32.1. The second kappa shape index (κ2) is 7.27. The van der Waals surface area contributed by atoms with Crippen molar-refractivity contribution >= 4 is 22.4 Å². The molecule has 1 amide bonds. The van der Waals surface area contributed by atoms with Crippen LogP contribution in [0.4, 0.5) is 5.13 Å². The first-order chi connectivity index (χ1) is 11.5. The van der Waals surface area contributed by atoms with Crippen LogP contribution in [0.3, 0.4) is 0 Å². The van der Waals surface area contributed by atoms with Gasteiger partial charge in [0.15, 0.2) is 5.13 Å². The van der Waals surface area contributed by atoms with Gasteiger partial charge in [-0.2, -0.15) is 0 Å². The fourth-order valence-electron chi connectivity index (χ4n) is 2.97. The molecule has 0 saturated carbocycles. The second-order valence-electron chi connectivity index (χ2n) is 6.05. The summed E-state index contributed by atoms with van der Waals surface area (Å²) in [5.41, 5.74) is 2.43. The predicted molar refractivity (Wildman–Crippen MR) is 94.5 cm³/mol. The molecule has 1 atom stereocenters. The zero-order chi connectivity index (χ0) is 17.1. The number of hydrogen-bond donors (Lipinski definition) is 1. The summed E-state index contributed by atoms with van der Waals surface area (Å²) in [6.07, 6.45) is 3.74. The van der Waals surface area contributed by atoms with Gasteiger partial charge in [-0.15, -0.1) is 11.3 Å². The van der Waals surface area contributed by atoms with Gasteiger partial charge in [0.25, 0.3) is 0 Å². The van der Waals surface area contributed by atoms with Gasteiger partial charge in [0.05, 0.1) is 7.11 Å². The van der Waals surface area contributed by atoms with Crippen LogP contribution in [0, 0.1) is 0 Å². The number of hydrogen-bond acceptors (Lipinski definition) is 6. The second-order valence-corrected chi connectivity index (χ2v) is 7.16. The zero-order valence-corrected chi connectivity index (χ0v) is 15.0. The number of anilines is 1. The lowest BCUT2D eigenvalue weighted by Crippen LogP contribution is -2.33. The monoisotopic (exact) mass is 346 g/mol. The molecule has 1 aliphatic heterocycles. The number of aromatic nitrogens is 2. The molecule has 0 bridgehead atoms. The van der Waals surface area contributed by atoms with Crippen molar-refractivity contribution in [2.45, 2.75) is 39.3 Å². The predicted octanol–water partition coefficient (Wildman–Crippen LogP) is 2.49. The van der Waals surface area contributed by atoms with Gasteiger partial charge in [0.2, 0.25) is 11.8 Å². The van der Waals surface area contributed by atoms with Gasteiger partial charge in [-0.1, -0.05) is 6.07 Å². The van der Waals surface area contributed by atoms with E-state index < -0.39 is 0 Å². The third-order valence-electron chi connectivity index (χ3n) is 4.22. The van der Waals surface area contributed by atoms with E-state index in [-0.39, 0.29) is 5.91 Å². The number of ether oxygens (including phenoxy) is 1. The van der Waals surface area contributed by atoms with E-state index >= 15 is 0 Å². The summed E-state index contributed by atoms with van der Waals surface area (Å²) in [5, 5.41) is 3.40. The molecule has 2 aromatic rings. The van der Waals surface area contributed by atoms with E-state index in [9.17, 15) is 4.79 Å². The van der Waals surface area contributed by atoms with Gasteiger partial charge in [0, 0.05) is 55.3 Å². The summed E-state index contributed by atoms with van der Waals surface area (Å²) in [6.45, 7) is 5.52. The Kier molecular flexibility index (Phi) is 5.11. The van der Waals surface area contributed by atoms with E-state index in [2.05, 4.69) is 33.2 Å². The molecular weight excluding hydrogens is 324 g/mol. The number of amides is 1. The minimum absolute atomic E-state index is 0.0884. The van der Waals surface area contributed by atoms with Gasteiger partial charge >= 0.3 is 0 Å². The van der Waals surface area contributed by atoms with Crippen LogP contribution in [0.25, 0.3) is 0 Å². The summed E-state index contributed by atoms with van der Waals surface area (Å²) in [6, 6.07) is 4.49. The molecule has 0 radical (unpaired) electrons. The average molecular weight is 346 g/mol. The molecule has 128 valence electrons. The first-order valence-corrected chi connectivity index (χ1v) is 8.86. The number of fused-ring (bicyclic) bond motifs is 1. The summed E-state index contributed by atoms with van der Waals surface area (Å²) in [7, 11) is 1.65. The van der Waals surface area contributed by atoms with E-state index in [1.165, 1.54) is 23.8 Å². The van der Waals surface area contributed by atoms with E-state index in [1.807, 2.05) is 12.3 Å². The standard InChI is InChI=1S/C17H22N4O2S/c1-11-8-13-4-5-16(23-3)20-15(13)6-7-21(11)10-14-9-18-17(24-14)19-12(2)22/h4-5,9,11H,6-8,10H2,1-3H3,(H,18,19,22). The number of carbonyl (C=O) groups excluding carboxylic acids is 1. The fraction of sp³-hybridized carbons (Fsp3) is 0.471. The number of carbonyl (C=O) groups is 1. The van der Waals surface area contributed by atoms with Crippen LogP contribution in [0.15, 0.2) is 18.3 Å². The number of nitrogens with zero attached hydrogens (tertiary/aromatic N) is 3. The first-order valence-electron chi connectivity index (χ1n) is 8.04. The molecule has 3 heterocycles. The lowest BCUT2D eigenvalue weighted by molar-refractivity contribution is -0.114. The maximum absolute atomic E-state index is 11.1. The molecule has 24 heavy (non-hydrogen) atoms. The fourth-order valence-corrected chi connectivity index (χ4v) is 3.85. The molecule has 1 unspecified atom stereocenters. The van der Waals surface area contributed by atoms with Crippen LogP contribution in [-0.2, 0) is 24.2 Å². The molecule has 0 spiro atoms. The molecule has 0 aliphatic carbocycles. The lowest BCUT2D eigenvalue weighted by Gasteiger charge is -2.26. The molecule has 2 aromatic heterocycles. The lowest BCUT2D eigenvalue weighted by atomic mass is 10.1. The largest absolute Gasteiger partial charge is 0.481 e. The van der Waals surface area contributed by atoms with Crippen LogP contribution in [-0.4, -0.2) is 40.5 Å². The Hall–Kier alpha value is -1.99. The quantitative estimate of drug-likeness (QED) is 0.921. The third-order valence-corrected chi connectivity index (χ3v) is 5.12. The van der Waals surface area contributed by atoms with Crippen molar-refractivity contribution < 1.29 is 9.53 Å². The van der Waals surface area contributed by atoms with Gasteiger partial charge in [-0.05, 0) is 18.9 Å². The Morgan fingerprint density at radius 1 is 1.50 bits per heavy atom. The van der Waals surface area contributed by atoms with Crippen LogP contribution in [0.2, 0.25) is 0 Å². The number of nitrogens with one attached hydrogen (secondary N) is 1. The molecule has 7 heteroatoms. The van der Waals surface area contributed by atoms with Crippen molar-refractivity contribution in [1.82, 2.24) is 14.9 Å². The van der Waals surface area contributed by atoms with Gasteiger partial charge < -0.3 is 10.1 Å². The van der Waals surface area contributed by atoms with Crippen molar-refractivity contribution in [1.29, 1.82) is 0 Å². The Morgan fingerprint density at radius 2 is 2.33 bits per heavy atom. The summed E-state index contributed by atoms with van der Waals surface area (Å²) in [5.74, 6) is 0.590. The maximum Gasteiger partial charge on any atom is 0.223 e. The summed E-state index contributed by atoms with van der Waals surface area (Å²) >= 11 is 1.53. The van der Waals surface area contributed by atoms with E-state index in [0.717, 1.165) is 36.5 Å². The molecule has 6 nitrogen and oxygen atoms in total. The smallest absolute Gasteiger partial charge is 0.223 e. The molecule has 1 aliphatic rings. The highest BCUT2D eigenvalue weighted by Crippen LogP contribution is 2.25. The summed E-state index contributed by atoms with van der Waals surface area (Å²) in [4.78, 5) is 23.6. The highest BCUT2D eigenvalue weighted by molar-refractivity contribution is 7.15. The molecule has 3 rings (SSSR count). The molecule has 0 aromatic carbocycles. The van der Waals surface area contributed by atoms with Crippen LogP contribution >= 0.6 is 11.3 Å². The van der Waals surface area contributed by atoms with E-state index in [1.54, 1.807) is 7.11 Å². The molecule has 1 N–H and O–H groups in total. The Bertz CT molecular complexity index is 731. The minimum Gasteiger partial charge on any atom is -0.481 e. The van der Waals surface area contributed by atoms with Crippen molar-refractivity contribution in [3.05, 3.63) is 34.5 Å². The van der Waals surface area contributed by atoms with Crippen molar-refractivity contribution in [2.24, 2.45) is 0 Å². The highest BCUT2D eigenvalue weighted by Gasteiger charge is 2.22. The average Bonchev–Trinajstić information content (AvgIpc) is 2.91. The SMILES string of the molecule is COc1ccc2c(n1)CCN(Cc1cnc(NC(C)=O)s1)C(C)C2. The number of thiazole rings is 1. The molecular formula is C17H22N4O2S. The van der Waals surface area contributed by atoms with E-state index in [0.29, 0.717) is 17.1 Å². The Morgan fingerprint density at radius 3 is 3.08 bits per heavy atom. The zero-order valence-electron chi connectivity index (χ0n) is 14.2.